The fourth-order valence-electron chi connectivity index (χ4n) is 2.34. The van der Waals surface area contributed by atoms with Gasteiger partial charge < -0.3 is 5.73 Å². The molecule has 2 N–H and O–H groups in total. The Morgan fingerprint density at radius 2 is 2.00 bits per heavy atom. The fraction of sp³-hybridized carbons (Fsp3) is 0.235. The molecule has 2 heterocycles. The van der Waals surface area contributed by atoms with Crippen LogP contribution in [0.1, 0.15) is 30.0 Å². The largest absolute Gasteiger partial charge is 0.323 e. The molecule has 0 saturated heterocycles. The van der Waals surface area contributed by atoms with Gasteiger partial charge in [0.25, 0.3) is 0 Å². The Bertz CT molecular complexity index is 746. The van der Waals surface area contributed by atoms with Crippen molar-refractivity contribution in [2.24, 2.45) is 5.73 Å². The van der Waals surface area contributed by atoms with Gasteiger partial charge in [-0.1, -0.05) is 31.2 Å². The number of hydrogen-bond acceptors (Lipinski definition) is 3. The van der Waals surface area contributed by atoms with E-state index in [1.54, 1.807) is 11.3 Å². The minimum Gasteiger partial charge on any atom is -0.323 e. The highest BCUT2D eigenvalue weighted by atomic mass is 32.1. The van der Waals surface area contributed by atoms with Crippen molar-refractivity contribution in [2.75, 3.05) is 0 Å². The van der Waals surface area contributed by atoms with Crippen LogP contribution in [0.5, 0.6) is 0 Å². The topological polar surface area (TPSA) is 38.9 Å². The predicted molar refractivity (Wildman–Crippen MR) is 87.0 cm³/mol. The zero-order chi connectivity index (χ0) is 14.1. The van der Waals surface area contributed by atoms with Crippen molar-refractivity contribution in [3.05, 3.63) is 53.0 Å². The lowest BCUT2D eigenvalue weighted by molar-refractivity contribution is 0.712. The third-order valence-electron chi connectivity index (χ3n) is 3.56. The molecule has 3 aromatic rings. The average Bonchev–Trinajstić information content (AvgIpc) is 2.95. The fourth-order valence-corrected chi connectivity index (χ4v) is 3.46. The van der Waals surface area contributed by atoms with Crippen LogP contribution in [-0.2, 0) is 0 Å². The van der Waals surface area contributed by atoms with Gasteiger partial charge in [-0.25, -0.2) is 0 Å². The van der Waals surface area contributed by atoms with Gasteiger partial charge in [-0.2, -0.15) is 0 Å². The minimum atomic E-state index is 0.137. The van der Waals surface area contributed by atoms with Crippen molar-refractivity contribution < 1.29 is 0 Å². The van der Waals surface area contributed by atoms with Crippen LogP contribution in [-0.4, -0.2) is 4.98 Å². The second-order valence-electron chi connectivity index (χ2n) is 5.05. The lowest BCUT2D eigenvalue weighted by Crippen LogP contribution is -2.05. The monoisotopic (exact) mass is 282 g/mol. The maximum atomic E-state index is 6.12. The quantitative estimate of drug-likeness (QED) is 0.757. The first kappa shape index (κ1) is 13.3. The van der Waals surface area contributed by atoms with Gasteiger partial charge in [-0.05, 0) is 31.5 Å². The van der Waals surface area contributed by atoms with Gasteiger partial charge in [0.1, 0.15) is 0 Å². The highest BCUT2D eigenvalue weighted by Gasteiger charge is 2.11. The summed E-state index contributed by atoms with van der Waals surface area (Å²) in [6.45, 7) is 4.15. The maximum Gasteiger partial charge on any atom is 0.0791 e. The molecule has 3 rings (SSSR count). The summed E-state index contributed by atoms with van der Waals surface area (Å²) in [4.78, 5) is 7.19. The molecule has 2 aromatic heterocycles. The first-order valence-corrected chi connectivity index (χ1v) is 7.72. The van der Waals surface area contributed by atoms with E-state index in [-0.39, 0.29) is 6.04 Å². The zero-order valence-corrected chi connectivity index (χ0v) is 12.6. The van der Waals surface area contributed by atoms with Crippen LogP contribution in [0, 0.1) is 6.92 Å². The van der Waals surface area contributed by atoms with E-state index in [4.69, 9.17) is 10.7 Å². The van der Waals surface area contributed by atoms with E-state index in [1.807, 2.05) is 6.92 Å². The Balaban J connectivity index is 2.14. The van der Waals surface area contributed by atoms with Gasteiger partial charge in [0.2, 0.25) is 0 Å². The van der Waals surface area contributed by atoms with Crippen LogP contribution in [0.3, 0.4) is 0 Å². The van der Waals surface area contributed by atoms with Crippen molar-refractivity contribution in [1.82, 2.24) is 4.98 Å². The zero-order valence-electron chi connectivity index (χ0n) is 11.8. The molecule has 0 aliphatic heterocycles. The van der Waals surface area contributed by atoms with E-state index in [0.717, 1.165) is 17.6 Å². The third-order valence-corrected chi connectivity index (χ3v) is 4.81. The summed E-state index contributed by atoms with van der Waals surface area (Å²) in [5, 5.41) is 1.18. The van der Waals surface area contributed by atoms with E-state index in [0.29, 0.717) is 0 Å². The van der Waals surface area contributed by atoms with Gasteiger partial charge in [0, 0.05) is 32.4 Å². The lowest BCUT2D eigenvalue weighted by Gasteiger charge is -2.06. The Labute approximate surface area is 123 Å². The molecular weight excluding hydrogens is 264 g/mol. The van der Waals surface area contributed by atoms with Crippen molar-refractivity contribution in [3.63, 3.8) is 0 Å². The van der Waals surface area contributed by atoms with Gasteiger partial charge in [-0.3, -0.25) is 4.98 Å². The summed E-state index contributed by atoms with van der Waals surface area (Å²) in [6.07, 6.45) is 0.965. The Morgan fingerprint density at radius 3 is 2.80 bits per heavy atom. The SMILES string of the molecule is CCC(N)c1ccc(-c2cccc3ccc(C)nc23)s1. The van der Waals surface area contributed by atoms with Crippen LogP contribution in [0.4, 0.5) is 0 Å². The van der Waals surface area contributed by atoms with E-state index in [9.17, 15) is 0 Å². The summed E-state index contributed by atoms with van der Waals surface area (Å²) in [6, 6.07) is 15.0. The average molecular weight is 282 g/mol. The van der Waals surface area contributed by atoms with Crippen molar-refractivity contribution >= 4 is 22.2 Å². The molecule has 1 aromatic carbocycles. The molecule has 0 radical (unpaired) electrons. The number of pyridine rings is 1. The third kappa shape index (κ3) is 2.35. The smallest absolute Gasteiger partial charge is 0.0791 e. The summed E-state index contributed by atoms with van der Waals surface area (Å²) in [5.41, 5.74) is 9.44. The number of fused-ring (bicyclic) bond motifs is 1. The van der Waals surface area contributed by atoms with Gasteiger partial charge in [-0.15, -0.1) is 11.3 Å². The lowest BCUT2D eigenvalue weighted by atomic mass is 10.1. The number of rotatable bonds is 3. The van der Waals surface area contributed by atoms with Gasteiger partial charge >= 0.3 is 0 Å². The number of thiophene rings is 1. The van der Waals surface area contributed by atoms with E-state index in [2.05, 4.69) is 49.4 Å². The van der Waals surface area contributed by atoms with Crippen molar-refractivity contribution in [1.29, 1.82) is 0 Å². The molecule has 0 aliphatic carbocycles. The number of aryl methyl sites for hydroxylation is 1. The Hall–Kier alpha value is -1.71. The molecule has 0 amide bonds. The number of para-hydroxylation sites is 1. The van der Waals surface area contributed by atoms with Crippen LogP contribution in [0.2, 0.25) is 0 Å². The summed E-state index contributed by atoms with van der Waals surface area (Å²) >= 11 is 1.77. The molecule has 102 valence electrons. The molecule has 0 aliphatic rings. The maximum absolute atomic E-state index is 6.12. The second kappa shape index (κ2) is 5.35. The molecular formula is C17H18N2S. The molecule has 20 heavy (non-hydrogen) atoms. The highest BCUT2D eigenvalue weighted by Crippen LogP contribution is 2.35. The van der Waals surface area contributed by atoms with Crippen LogP contribution in [0.15, 0.2) is 42.5 Å². The highest BCUT2D eigenvalue weighted by molar-refractivity contribution is 7.15. The summed E-state index contributed by atoms with van der Waals surface area (Å²) in [5.74, 6) is 0. The second-order valence-corrected chi connectivity index (χ2v) is 6.16. The molecule has 2 nitrogen and oxygen atoms in total. The van der Waals surface area contributed by atoms with E-state index < -0.39 is 0 Å². The summed E-state index contributed by atoms with van der Waals surface area (Å²) in [7, 11) is 0. The first-order chi connectivity index (χ1) is 9.69. The van der Waals surface area contributed by atoms with Gasteiger partial charge in [0.15, 0.2) is 0 Å². The Kier molecular flexibility index (Phi) is 3.55. The molecule has 1 unspecified atom stereocenters. The first-order valence-electron chi connectivity index (χ1n) is 6.91. The van der Waals surface area contributed by atoms with Crippen LogP contribution in [0.25, 0.3) is 21.3 Å². The summed E-state index contributed by atoms with van der Waals surface area (Å²) < 4.78 is 0. The molecule has 0 spiro atoms. The van der Waals surface area contributed by atoms with Crippen LogP contribution < -0.4 is 5.73 Å². The number of aromatic nitrogens is 1. The standard InChI is InChI=1S/C17H18N2S/c1-3-14(18)16-10-9-15(20-16)13-6-4-5-12-8-7-11(2)19-17(12)13/h4-10,14H,3,18H2,1-2H3. The minimum absolute atomic E-state index is 0.137. The molecule has 0 fully saturated rings. The van der Waals surface area contributed by atoms with E-state index >= 15 is 0 Å². The van der Waals surface area contributed by atoms with E-state index in [1.165, 1.54) is 20.7 Å². The Morgan fingerprint density at radius 1 is 1.15 bits per heavy atom. The number of nitrogens with zero attached hydrogens (tertiary/aromatic N) is 1. The molecule has 1 atom stereocenters. The van der Waals surface area contributed by atoms with Crippen molar-refractivity contribution in [3.8, 4) is 10.4 Å². The van der Waals surface area contributed by atoms with Gasteiger partial charge in [0.05, 0.1) is 5.52 Å². The van der Waals surface area contributed by atoms with Crippen LogP contribution >= 0.6 is 11.3 Å². The normalized spacial score (nSPS) is 12.8. The molecule has 0 saturated carbocycles. The molecule has 3 heteroatoms. The number of benzene rings is 1. The molecule has 0 bridgehead atoms. The van der Waals surface area contributed by atoms with Crippen molar-refractivity contribution in [2.45, 2.75) is 26.3 Å². The number of nitrogens with two attached hydrogens (primary N) is 1. The number of hydrogen-bond donors (Lipinski definition) is 1. The predicted octanol–water partition coefficient (Wildman–Crippen LogP) is 4.68.